The second kappa shape index (κ2) is 6.15. The van der Waals surface area contributed by atoms with Gasteiger partial charge in [0, 0.05) is 32.1 Å². The third-order valence-electron chi connectivity index (χ3n) is 3.74. The Bertz CT molecular complexity index is 455. The maximum absolute atomic E-state index is 12.8. The quantitative estimate of drug-likeness (QED) is 0.845. The Labute approximate surface area is 118 Å². The molecule has 6 heteroatoms. The van der Waals surface area contributed by atoms with E-state index in [9.17, 15) is 9.18 Å². The Hall–Kier alpha value is -1.72. The highest BCUT2D eigenvalue weighted by Crippen LogP contribution is 2.20. The number of aromatic nitrogens is 2. The molecule has 2 rings (SSSR count). The highest BCUT2D eigenvalue weighted by Gasteiger charge is 2.27. The van der Waals surface area contributed by atoms with Crippen LogP contribution in [0.25, 0.3) is 0 Å². The largest absolute Gasteiger partial charge is 0.342 e. The summed E-state index contributed by atoms with van der Waals surface area (Å²) in [5.74, 6) is 0.341. The van der Waals surface area contributed by atoms with Gasteiger partial charge in [-0.2, -0.15) is 0 Å². The molecule has 0 atom stereocenters. The molecule has 1 aliphatic rings. The van der Waals surface area contributed by atoms with Crippen molar-refractivity contribution >= 4 is 11.9 Å². The van der Waals surface area contributed by atoms with Gasteiger partial charge < -0.3 is 9.80 Å². The Morgan fingerprint density at radius 3 is 2.40 bits per heavy atom. The van der Waals surface area contributed by atoms with Crippen molar-refractivity contribution in [3.05, 3.63) is 18.2 Å². The van der Waals surface area contributed by atoms with Crippen LogP contribution in [0, 0.1) is 11.7 Å². The molecule has 1 aliphatic heterocycles. The fraction of sp³-hybridized carbons (Fsp3) is 0.643. The number of nitrogens with zero attached hydrogens (tertiary/aromatic N) is 4. The first-order chi connectivity index (χ1) is 9.49. The molecule has 1 aromatic heterocycles. The summed E-state index contributed by atoms with van der Waals surface area (Å²) in [4.78, 5) is 23.9. The lowest BCUT2D eigenvalue weighted by Crippen LogP contribution is -2.47. The zero-order valence-corrected chi connectivity index (χ0v) is 12.2. The average molecular weight is 280 g/mol. The summed E-state index contributed by atoms with van der Waals surface area (Å²) in [6.07, 6.45) is 4.14. The van der Waals surface area contributed by atoms with Crippen molar-refractivity contribution in [2.75, 3.05) is 25.0 Å². The molecular weight excluding hydrogens is 259 g/mol. The lowest BCUT2D eigenvalue weighted by Gasteiger charge is -2.37. The van der Waals surface area contributed by atoms with E-state index in [4.69, 9.17) is 0 Å². The van der Waals surface area contributed by atoms with E-state index in [1.807, 2.05) is 30.7 Å². The zero-order chi connectivity index (χ0) is 14.7. The summed E-state index contributed by atoms with van der Waals surface area (Å²) in [6, 6.07) is 0.265. The van der Waals surface area contributed by atoms with Crippen LogP contribution < -0.4 is 4.90 Å². The molecule has 1 amide bonds. The van der Waals surface area contributed by atoms with Crippen molar-refractivity contribution in [2.45, 2.75) is 32.7 Å². The molecule has 0 radical (unpaired) electrons. The van der Waals surface area contributed by atoms with Gasteiger partial charge in [-0.1, -0.05) is 13.8 Å². The third-order valence-corrected chi connectivity index (χ3v) is 3.74. The second-order valence-corrected chi connectivity index (χ2v) is 5.52. The topological polar surface area (TPSA) is 49.3 Å². The number of piperidine rings is 1. The summed E-state index contributed by atoms with van der Waals surface area (Å²) < 4.78 is 12.8. The fourth-order valence-electron chi connectivity index (χ4n) is 2.51. The van der Waals surface area contributed by atoms with Gasteiger partial charge >= 0.3 is 0 Å². The monoisotopic (exact) mass is 280 g/mol. The van der Waals surface area contributed by atoms with Crippen LogP contribution in [-0.2, 0) is 4.79 Å². The van der Waals surface area contributed by atoms with Gasteiger partial charge in [0.05, 0.1) is 12.4 Å². The molecule has 0 N–H and O–H groups in total. The minimum Gasteiger partial charge on any atom is -0.342 e. The van der Waals surface area contributed by atoms with Crippen LogP contribution in [0.5, 0.6) is 0 Å². The standard InChI is InChI=1S/C14H21FN4O/c1-10(2)13(20)18(3)12-4-6-19(7-5-12)14-16-8-11(15)9-17-14/h8-10,12H,4-7H2,1-3H3. The lowest BCUT2D eigenvalue weighted by molar-refractivity contribution is -0.135. The maximum Gasteiger partial charge on any atom is 0.225 e. The van der Waals surface area contributed by atoms with Gasteiger partial charge in [-0.15, -0.1) is 0 Å². The number of carbonyl (C=O) groups excluding carboxylic acids is 1. The highest BCUT2D eigenvalue weighted by molar-refractivity contribution is 5.78. The number of anilines is 1. The van der Waals surface area contributed by atoms with Crippen LogP contribution in [0.15, 0.2) is 12.4 Å². The smallest absolute Gasteiger partial charge is 0.225 e. The predicted molar refractivity (Wildman–Crippen MR) is 74.8 cm³/mol. The van der Waals surface area contributed by atoms with Gasteiger partial charge in [-0.3, -0.25) is 4.79 Å². The van der Waals surface area contributed by atoms with E-state index in [0.29, 0.717) is 5.95 Å². The van der Waals surface area contributed by atoms with E-state index in [1.54, 1.807) is 0 Å². The molecule has 0 aromatic carbocycles. The molecule has 0 spiro atoms. The average Bonchev–Trinajstić information content (AvgIpc) is 2.46. The normalized spacial score (nSPS) is 16.6. The van der Waals surface area contributed by atoms with Gasteiger partial charge in [0.1, 0.15) is 0 Å². The van der Waals surface area contributed by atoms with Gasteiger partial charge in [-0.05, 0) is 12.8 Å². The number of hydrogen-bond acceptors (Lipinski definition) is 4. The Morgan fingerprint density at radius 2 is 1.90 bits per heavy atom. The first-order valence-electron chi connectivity index (χ1n) is 6.98. The van der Waals surface area contributed by atoms with E-state index in [1.165, 1.54) is 12.4 Å². The van der Waals surface area contributed by atoms with Crippen molar-refractivity contribution in [3.8, 4) is 0 Å². The fourth-order valence-corrected chi connectivity index (χ4v) is 2.51. The molecule has 0 unspecified atom stereocenters. The zero-order valence-electron chi connectivity index (χ0n) is 12.2. The van der Waals surface area contributed by atoms with Crippen molar-refractivity contribution in [1.29, 1.82) is 0 Å². The predicted octanol–water partition coefficient (Wildman–Crippen LogP) is 1.70. The van der Waals surface area contributed by atoms with Crippen LogP contribution in [0.3, 0.4) is 0 Å². The van der Waals surface area contributed by atoms with E-state index in [-0.39, 0.29) is 17.9 Å². The Morgan fingerprint density at radius 1 is 1.35 bits per heavy atom. The first-order valence-corrected chi connectivity index (χ1v) is 6.98. The van der Waals surface area contributed by atoms with E-state index >= 15 is 0 Å². The molecule has 2 heterocycles. The van der Waals surface area contributed by atoms with Crippen LogP contribution >= 0.6 is 0 Å². The molecule has 20 heavy (non-hydrogen) atoms. The Kier molecular flexibility index (Phi) is 4.52. The molecule has 1 fully saturated rings. The SMILES string of the molecule is CC(C)C(=O)N(C)C1CCN(c2ncc(F)cn2)CC1. The molecule has 0 bridgehead atoms. The molecule has 1 saturated heterocycles. The molecule has 0 aliphatic carbocycles. The summed E-state index contributed by atoms with van der Waals surface area (Å²) in [5, 5.41) is 0. The number of amides is 1. The maximum atomic E-state index is 12.8. The summed E-state index contributed by atoms with van der Waals surface area (Å²) in [6.45, 7) is 5.40. The van der Waals surface area contributed by atoms with Crippen LogP contribution in [0.2, 0.25) is 0 Å². The van der Waals surface area contributed by atoms with E-state index < -0.39 is 5.82 Å². The van der Waals surface area contributed by atoms with E-state index in [0.717, 1.165) is 25.9 Å². The van der Waals surface area contributed by atoms with Gasteiger partial charge in [0.15, 0.2) is 5.82 Å². The number of hydrogen-bond donors (Lipinski definition) is 0. The van der Waals surface area contributed by atoms with Gasteiger partial charge in [0.2, 0.25) is 11.9 Å². The van der Waals surface area contributed by atoms with Crippen LogP contribution in [-0.4, -0.2) is 47.0 Å². The van der Waals surface area contributed by atoms with Gasteiger partial charge in [0.25, 0.3) is 0 Å². The van der Waals surface area contributed by atoms with Crippen LogP contribution in [0.4, 0.5) is 10.3 Å². The molecule has 110 valence electrons. The van der Waals surface area contributed by atoms with Crippen molar-refractivity contribution in [3.63, 3.8) is 0 Å². The first kappa shape index (κ1) is 14.7. The van der Waals surface area contributed by atoms with Crippen molar-refractivity contribution in [2.24, 2.45) is 5.92 Å². The van der Waals surface area contributed by atoms with Crippen LogP contribution in [0.1, 0.15) is 26.7 Å². The number of rotatable bonds is 3. The second-order valence-electron chi connectivity index (χ2n) is 5.52. The van der Waals surface area contributed by atoms with E-state index in [2.05, 4.69) is 9.97 Å². The summed E-state index contributed by atoms with van der Waals surface area (Å²) in [5.41, 5.74) is 0. The Balaban J connectivity index is 1.92. The van der Waals surface area contributed by atoms with Crippen molar-refractivity contribution < 1.29 is 9.18 Å². The minimum absolute atomic E-state index is 0.0264. The van der Waals surface area contributed by atoms with Crippen molar-refractivity contribution in [1.82, 2.24) is 14.9 Å². The minimum atomic E-state index is -0.425. The molecular formula is C14H21FN4O. The molecule has 1 aromatic rings. The summed E-state index contributed by atoms with van der Waals surface area (Å²) in [7, 11) is 1.87. The molecule has 5 nitrogen and oxygen atoms in total. The third kappa shape index (κ3) is 3.23. The lowest BCUT2D eigenvalue weighted by atomic mass is 10.0. The number of carbonyl (C=O) groups is 1. The summed E-state index contributed by atoms with van der Waals surface area (Å²) >= 11 is 0. The highest BCUT2D eigenvalue weighted by atomic mass is 19.1. The number of halogens is 1. The van der Waals surface area contributed by atoms with Gasteiger partial charge in [-0.25, -0.2) is 14.4 Å². The molecule has 0 saturated carbocycles.